The Labute approximate surface area is 160 Å². The maximum absolute atomic E-state index is 13.0. The van der Waals surface area contributed by atoms with Gasteiger partial charge in [0.25, 0.3) is 0 Å². The van der Waals surface area contributed by atoms with Crippen LogP contribution in [0, 0.1) is 0 Å². The zero-order chi connectivity index (χ0) is 18.7. The lowest BCUT2D eigenvalue weighted by molar-refractivity contribution is -0.171. The van der Waals surface area contributed by atoms with E-state index in [1.165, 1.54) is 19.2 Å². The van der Waals surface area contributed by atoms with Crippen LogP contribution in [0.1, 0.15) is 11.1 Å². The molecule has 0 fully saturated rings. The Morgan fingerprint density at radius 3 is 2.00 bits per heavy atom. The number of carbonyl (C=O) groups is 2. The van der Waals surface area contributed by atoms with Crippen LogP contribution in [0.2, 0.25) is 10.0 Å². The molecule has 0 saturated carbocycles. The number of ether oxygens (including phenoxy) is 2. The fraction of sp³-hybridized carbons (Fsp3) is 0.158. The third-order valence-electron chi connectivity index (χ3n) is 3.97. The molecule has 1 N–H and O–H groups in total. The van der Waals surface area contributed by atoms with Gasteiger partial charge in [-0.3, -0.25) is 4.79 Å². The Kier molecular flexibility index (Phi) is 5.32. The summed E-state index contributed by atoms with van der Waals surface area (Å²) in [6, 6.07) is 13.5. The summed E-state index contributed by atoms with van der Waals surface area (Å²) in [6.45, 7) is 0. The molecule has 5 nitrogen and oxygen atoms in total. The molecule has 26 heavy (non-hydrogen) atoms. The standard InChI is InChI=1S/C19H15Cl2NO4/c1-22-18(24)25-17-11-10-16(23)19(26-17,12-2-6-14(20)7-3-12)13-4-8-15(21)9-5-13/h2-11,17H,1H3,(H,22,24). The molecule has 1 amide bonds. The van der Waals surface area contributed by atoms with Crippen molar-refractivity contribution < 1.29 is 19.1 Å². The Morgan fingerprint density at radius 2 is 1.54 bits per heavy atom. The molecule has 2 aromatic carbocycles. The zero-order valence-corrected chi connectivity index (χ0v) is 15.3. The van der Waals surface area contributed by atoms with Gasteiger partial charge in [0.2, 0.25) is 6.29 Å². The van der Waals surface area contributed by atoms with E-state index in [2.05, 4.69) is 5.32 Å². The second kappa shape index (κ2) is 7.50. The molecular formula is C19H15Cl2NO4. The molecule has 7 heteroatoms. The van der Waals surface area contributed by atoms with Crippen molar-refractivity contribution in [1.82, 2.24) is 5.32 Å². The molecule has 0 aromatic heterocycles. The molecule has 1 heterocycles. The minimum Gasteiger partial charge on any atom is -0.416 e. The largest absolute Gasteiger partial charge is 0.416 e. The molecule has 0 saturated heterocycles. The van der Waals surface area contributed by atoms with Crippen LogP contribution in [0.5, 0.6) is 0 Å². The molecular weight excluding hydrogens is 377 g/mol. The topological polar surface area (TPSA) is 64.6 Å². The third-order valence-corrected chi connectivity index (χ3v) is 4.48. The highest BCUT2D eigenvalue weighted by Crippen LogP contribution is 2.39. The lowest BCUT2D eigenvalue weighted by atomic mass is 9.81. The Balaban J connectivity index is 2.12. The van der Waals surface area contributed by atoms with Crippen LogP contribution in [0.15, 0.2) is 60.7 Å². The first-order chi connectivity index (χ1) is 12.5. The van der Waals surface area contributed by atoms with E-state index in [4.69, 9.17) is 32.7 Å². The monoisotopic (exact) mass is 391 g/mol. The van der Waals surface area contributed by atoms with E-state index < -0.39 is 18.0 Å². The smallest absolute Gasteiger partial charge is 0.409 e. The Bertz CT molecular complexity index is 801. The van der Waals surface area contributed by atoms with Gasteiger partial charge in [0.05, 0.1) is 0 Å². The number of hydrogen-bond donors (Lipinski definition) is 1. The molecule has 1 atom stereocenters. The molecule has 1 aliphatic rings. The van der Waals surface area contributed by atoms with Crippen LogP contribution < -0.4 is 5.32 Å². The number of carbonyl (C=O) groups excluding carboxylic acids is 2. The van der Waals surface area contributed by atoms with E-state index in [1.54, 1.807) is 48.5 Å². The van der Waals surface area contributed by atoms with E-state index in [9.17, 15) is 9.59 Å². The normalized spacial score (nSPS) is 18.4. The fourth-order valence-electron chi connectivity index (χ4n) is 2.74. The number of alkyl carbamates (subject to hydrolysis) is 1. The van der Waals surface area contributed by atoms with Crippen molar-refractivity contribution in [3.05, 3.63) is 81.9 Å². The maximum atomic E-state index is 13.0. The Hall–Kier alpha value is -2.34. The van der Waals surface area contributed by atoms with Gasteiger partial charge in [0.15, 0.2) is 11.4 Å². The number of halogens is 2. The molecule has 1 aliphatic heterocycles. The average molecular weight is 392 g/mol. The maximum Gasteiger partial charge on any atom is 0.409 e. The highest BCUT2D eigenvalue weighted by Gasteiger charge is 2.46. The number of hydrogen-bond acceptors (Lipinski definition) is 4. The first-order valence-corrected chi connectivity index (χ1v) is 8.52. The predicted molar refractivity (Wildman–Crippen MR) is 98.2 cm³/mol. The Morgan fingerprint density at radius 1 is 1.04 bits per heavy atom. The van der Waals surface area contributed by atoms with Gasteiger partial charge in [-0.1, -0.05) is 47.5 Å². The highest BCUT2D eigenvalue weighted by molar-refractivity contribution is 6.30. The molecule has 134 valence electrons. The molecule has 0 spiro atoms. The molecule has 2 aromatic rings. The van der Waals surface area contributed by atoms with E-state index in [-0.39, 0.29) is 5.78 Å². The first kappa shape index (κ1) is 18.5. The minimum atomic E-state index is -1.48. The second-order valence-electron chi connectivity index (χ2n) is 5.56. The molecule has 1 unspecified atom stereocenters. The van der Waals surface area contributed by atoms with E-state index in [1.807, 2.05) is 0 Å². The number of ketones is 1. The van der Waals surface area contributed by atoms with Crippen molar-refractivity contribution in [3.63, 3.8) is 0 Å². The quantitative estimate of drug-likeness (QED) is 0.855. The van der Waals surface area contributed by atoms with E-state index >= 15 is 0 Å². The zero-order valence-electron chi connectivity index (χ0n) is 13.7. The summed E-state index contributed by atoms with van der Waals surface area (Å²) in [7, 11) is 1.44. The summed E-state index contributed by atoms with van der Waals surface area (Å²) < 4.78 is 11.2. The average Bonchev–Trinajstić information content (AvgIpc) is 2.64. The SMILES string of the molecule is CNC(=O)OC1C=CC(=O)C(c2ccc(Cl)cc2)(c2ccc(Cl)cc2)O1. The summed E-state index contributed by atoms with van der Waals surface area (Å²) in [5.41, 5.74) is -0.365. The van der Waals surface area contributed by atoms with Crippen molar-refractivity contribution in [2.75, 3.05) is 7.05 Å². The number of benzene rings is 2. The van der Waals surface area contributed by atoms with Gasteiger partial charge < -0.3 is 14.8 Å². The van der Waals surface area contributed by atoms with Gasteiger partial charge in [-0.2, -0.15) is 0 Å². The summed E-state index contributed by atoms with van der Waals surface area (Å²) in [6.07, 6.45) is 1.02. The van der Waals surface area contributed by atoms with Crippen LogP contribution in [0.25, 0.3) is 0 Å². The summed E-state index contributed by atoms with van der Waals surface area (Å²) >= 11 is 12.0. The van der Waals surface area contributed by atoms with E-state index in [0.717, 1.165) is 0 Å². The third kappa shape index (κ3) is 3.46. The van der Waals surface area contributed by atoms with Gasteiger partial charge in [0, 0.05) is 17.1 Å². The van der Waals surface area contributed by atoms with Gasteiger partial charge in [-0.15, -0.1) is 0 Å². The molecule has 3 rings (SSSR count). The molecule has 0 bridgehead atoms. The van der Waals surface area contributed by atoms with Crippen LogP contribution in [0.4, 0.5) is 4.79 Å². The van der Waals surface area contributed by atoms with Gasteiger partial charge >= 0.3 is 6.09 Å². The lowest BCUT2D eigenvalue weighted by Crippen LogP contribution is -2.46. The van der Waals surface area contributed by atoms with Crippen LogP contribution in [-0.4, -0.2) is 25.2 Å². The highest BCUT2D eigenvalue weighted by atomic mass is 35.5. The summed E-state index contributed by atoms with van der Waals surface area (Å²) in [5, 5.41) is 3.40. The van der Waals surface area contributed by atoms with Gasteiger partial charge in [-0.05, 0) is 47.5 Å². The first-order valence-electron chi connectivity index (χ1n) is 7.76. The molecule has 0 aliphatic carbocycles. The second-order valence-corrected chi connectivity index (χ2v) is 6.43. The minimum absolute atomic E-state index is 0.307. The van der Waals surface area contributed by atoms with Crippen molar-refractivity contribution in [3.8, 4) is 0 Å². The lowest BCUT2D eigenvalue weighted by Gasteiger charge is -2.37. The predicted octanol–water partition coefficient (Wildman–Crippen LogP) is 4.07. The van der Waals surface area contributed by atoms with Gasteiger partial charge in [0.1, 0.15) is 0 Å². The number of amides is 1. The number of nitrogens with one attached hydrogen (secondary N) is 1. The van der Waals surface area contributed by atoms with Crippen molar-refractivity contribution in [1.29, 1.82) is 0 Å². The van der Waals surface area contributed by atoms with Crippen molar-refractivity contribution in [2.45, 2.75) is 11.9 Å². The van der Waals surface area contributed by atoms with Crippen LogP contribution in [-0.2, 0) is 19.9 Å². The summed E-state index contributed by atoms with van der Waals surface area (Å²) in [4.78, 5) is 24.5. The fourth-order valence-corrected chi connectivity index (χ4v) is 2.99. The van der Waals surface area contributed by atoms with Crippen molar-refractivity contribution in [2.24, 2.45) is 0 Å². The molecule has 0 radical (unpaired) electrons. The van der Waals surface area contributed by atoms with E-state index in [0.29, 0.717) is 21.2 Å². The summed E-state index contributed by atoms with van der Waals surface area (Å²) in [5.74, 6) is -0.307. The van der Waals surface area contributed by atoms with Crippen LogP contribution in [0.3, 0.4) is 0 Å². The number of rotatable bonds is 3. The van der Waals surface area contributed by atoms with Crippen LogP contribution >= 0.6 is 23.2 Å². The van der Waals surface area contributed by atoms with Crippen molar-refractivity contribution >= 4 is 35.1 Å². The van der Waals surface area contributed by atoms with Gasteiger partial charge in [-0.25, -0.2) is 4.79 Å².